The highest BCUT2D eigenvalue weighted by Crippen LogP contribution is 2.36. The van der Waals surface area contributed by atoms with Crippen LogP contribution in [-0.4, -0.2) is 9.97 Å². The van der Waals surface area contributed by atoms with Gasteiger partial charge in [0.2, 0.25) is 5.82 Å². The quantitative estimate of drug-likeness (QED) is 0.251. The molecule has 3 aromatic rings. The summed E-state index contributed by atoms with van der Waals surface area (Å²) in [7, 11) is 0. The van der Waals surface area contributed by atoms with Gasteiger partial charge in [0.15, 0.2) is 17.5 Å². The number of alkyl halides is 2. The predicted molar refractivity (Wildman–Crippen MR) is 104 cm³/mol. The topological polar surface area (TPSA) is 35.0 Å². The second-order valence-electron chi connectivity index (χ2n) is 6.90. The number of hydrogen-bond donors (Lipinski definition) is 0. The van der Waals surface area contributed by atoms with E-state index in [9.17, 15) is 30.7 Å². The largest absolute Gasteiger partial charge is 0.432 e. The molecule has 1 aromatic heterocycles. The highest BCUT2D eigenvalue weighted by atomic mass is 19.3. The molecule has 0 atom stereocenters. The van der Waals surface area contributed by atoms with Crippen LogP contribution in [0.1, 0.15) is 42.3 Å². The number of nitrogens with zero attached hydrogens (tertiary/aromatic N) is 2. The molecule has 33 heavy (non-hydrogen) atoms. The number of aryl methyl sites for hydroxylation is 1. The lowest BCUT2D eigenvalue weighted by Crippen LogP contribution is -2.25. The van der Waals surface area contributed by atoms with Gasteiger partial charge in [0.25, 0.3) is 0 Å². The van der Waals surface area contributed by atoms with Crippen LogP contribution in [0.5, 0.6) is 5.75 Å². The molecule has 0 N–H and O–H groups in total. The van der Waals surface area contributed by atoms with Crippen molar-refractivity contribution in [1.82, 2.24) is 9.97 Å². The van der Waals surface area contributed by atoms with Crippen LogP contribution in [0.25, 0.3) is 0 Å². The van der Waals surface area contributed by atoms with Gasteiger partial charge in [-0.05, 0) is 36.5 Å². The van der Waals surface area contributed by atoms with E-state index < -0.39 is 46.5 Å². The van der Waals surface area contributed by atoms with Crippen molar-refractivity contribution < 1.29 is 35.5 Å². The zero-order chi connectivity index (χ0) is 24.2. The zero-order valence-electron chi connectivity index (χ0n) is 17.0. The van der Waals surface area contributed by atoms with Crippen molar-refractivity contribution in [2.24, 2.45) is 0 Å². The van der Waals surface area contributed by atoms with Crippen molar-refractivity contribution >= 4 is 0 Å². The fourth-order valence-corrected chi connectivity index (χ4v) is 2.77. The molecule has 172 valence electrons. The first-order valence-electron chi connectivity index (χ1n) is 9.64. The second-order valence-corrected chi connectivity index (χ2v) is 6.90. The van der Waals surface area contributed by atoms with Crippen LogP contribution in [0.3, 0.4) is 0 Å². The van der Waals surface area contributed by atoms with Crippen LogP contribution in [0.2, 0.25) is 0 Å². The molecule has 3 rings (SSSR count). The van der Waals surface area contributed by atoms with Gasteiger partial charge in [-0.15, -0.1) is 0 Å². The fourth-order valence-electron chi connectivity index (χ4n) is 2.77. The van der Waals surface area contributed by atoms with Gasteiger partial charge in [0, 0.05) is 30.1 Å². The van der Waals surface area contributed by atoms with Crippen molar-refractivity contribution in [1.29, 1.82) is 0 Å². The molecule has 0 fully saturated rings. The van der Waals surface area contributed by atoms with Crippen LogP contribution in [0, 0.1) is 40.9 Å². The lowest BCUT2D eigenvalue weighted by atomic mass is 10.1. The second kappa shape index (κ2) is 9.90. The average molecular weight is 468 g/mol. The Labute approximate surface area is 184 Å². The van der Waals surface area contributed by atoms with Crippen LogP contribution in [0.4, 0.5) is 30.7 Å². The number of ether oxygens (including phenoxy) is 1. The predicted octanol–water partition coefficient (Wildman–Crippen LogP) is 6.04. The Balaban J connectivity index is 1.83. The van der Waals surface area contributed by atoms with Crippen LogP contribution in [0.15, 0.2) is 36.7 Å². The molecule has 0 bridgehead atoms. The number of rotatable bonds is 6. The summed E-state index contributed by atoms with van der Waals surface area (Å²) in [5.41, 5.74) is -1.20. The van der Waals surface area contributed by atoms with E-state index in [-0.39, 0.29) is 23.5 Å². The highest BCUT2D eigenvalue weighted by Gasteiger charge is 2.41. The molecule has 0 amide bonds. The van der Waals surface area contributed by atoms with E-state index >= 15 is 0 Å². The van der Waals surface area contributed by atoms with E-state index in [1.165, 1.54) is 0 Å². The van der Waals surface area contributed by atoms with Gasteiger partial charge in [0.05, 0.1) is 0 Å². The summed E-state index contributed by atoms with van der Waals surface area (Å²) in [6.07, 6.45) is 1.20. The molecule has 10 heteroatoms. The third kappa shape index (κ3) is 5.80. The molecule has 0 aliphatic rings. The molecule has 3 nitrogen and oxygen atoms in total. The maximum Gasteiger partial charge on any atom is 0.432 e. The van der Waals surface area contributed by atoms with Gasteiger partial charge in [-0.1, -0.05) is 19.3 Å². The number of aromatic nitrogens is 2. The van der Waals surface area contributed by atoms with Crippen molar-refractivity contribution in [3.8, 4) is 17.6 Å². The van der Waals surface area contributed by atoms with Crippen molar-refractivity contribution in [3.63, 3.8) is 0 Å². The summed E-state index contributed by atoms with van der Waals surface area (Å²) >= 11 is 0. The number of unbranched alkanes of at least 4 members (excludes halogenated alkanes) is 1. The summed E-state index contributed by atoms with van der Waals surface area (Å²) < 4.78 is 101. The molecule has 1 heterocycles. The van der Waals surface area contributed by atoms with E-state index in [2.05, 4.69) is 26.5 Å². The first kappa shape index (κ1) is 24.0. The molecule has 0 spiro atoms. The van der Waals surface area contributed by atoms with E-state index in [1.54, 1.807) is 12.4 Å². The van der Waals surface area contributed by atoms with Gasteiger partial charge in [-0.2, -0.15) is 8.78 Å². The Bertz CT molecular complexity index is 1170. The minimum Gasteiger partial charge on any atom is -0.429 e. The van der Waals surface area contributed by atoms with Crippen LogP contribution in [-0.2, 0) is 12.5 Å². The number of hydrogen-bond acceptors (Lipinski definition) is 3. The first-order chi connectivity index (χ1) is 15.6. The molecular formula is C23H15F7N2O. The zero-order valence-corrected chi connectivity index (χ0v) is 17.0. The average Bonchev–Trinajstić information content (AvgIpc) is 2.74. The smallest absolute Gasteiger partial charge is 0.429 e. The third-order valence-electron chi connectivity index (χ3n) is 4.38. The van der Waals surface area contributed by atoms with Crippen LogP contribution >= 0.6 is 0 Å². The normalized spacial score (nSPS) is 11.2. The molecule has 0 aliphatic carbocycles. The van der Waals surface area contributed by atoms with Crippen molar-refractivity contribution in [3.05, 3.63) is 88.3 Å². The van der Waals surface area contributed by atoms with E-state index in [0.717, 1.165) is 24.8 Å². The lowest BCUT2D eigenvalue weighted by Gasteiger charge is -2.19. The summed E-state index contributed by atoms with van der Waals surface area (Å²) in [6.45, 7) is 2.04. The Morgan fingerprint density at radius 1 is 0.848 bits per heavy atom. The van der Waals surface area contributed by atoms with E-state index in [1.807, 2.05) is 6.92 Å². The summed E-state index contributed by atoms with van der Waals surface area (Å²) in [5.74, 6) is -5.23. The van der Waals surface area contributed by atoms with E-state index in [0.29, 0.717) is 12.1 Å². The summed E-state index contributed by atoms with van der Waals surface area (Å²) in [6, 6.07) is 1.30. The highest BCUT2D eigenvalue weighted by molar-refractivity contribution is 5.42. The first-order valence-corrected chi connectivity index (χ1v) is 9.64. The number of halogens is 7. The van der Waals surface area contributed by atoms with Crippen molar-refractivity contribution in [2.75, 3.05) is 0 Å². The Morgan fingerprint density at radius 2 is 1.42 bits per heavy atom. The van der Waals surface area contributed by atoms with Gasteiger partial charge in [-0.25, -0.2) is 31.9 Å². The Kier molecular flexibility index (Phi) is 7.21. The third-order valence-corrected chi connectivity index (χ3v) is 4.38. The number of benzene rings is 2. The summed E-state index contributed by atoms with van der Waals surface area (Å²) in [4.78, 5) is 8.03. The summed E-state index contributed by atoms with van der Waals surface area (Å²) in [5, 5.41) is 0. The molecule has 0 saturated carbocycles. The standard InChI is InChI=1S/C23H15F7N2O/c1-2-3-4-14-11-31-20(32-12-14)6-5-13-7-16(24)21(17(25)8-13)23(29,30)33-15-9-18(26)22(28)19(27)10-15/h7-12H,2-4H2,1H3. The van der Waals surface area contributed by atoms with Crippen LogP contribution < -0.4 is 4.74 Å². The fraction of sp³-hybridized carbons (Fsp3) is 0.217. The van der Waals surface area contributed by atoms with Gasteiger partial charge in [0.1, 0.15) is 22.9 Å². The lowest BCUT2D eigenvalue weighted by molar-refractivity contribution is -0.189. The van der Waals surface area contributed by atoms with Crippen molar-refractivity contribution in [2.45, 2.75) is 32.3 Å². The maximum absolute atomic E-state index is 14.3. The van der Waals surface area contributed by atoms with Gasteiger partial charge >= 0.3 is 6.11 Å². The molecule has 0 unspecified atom stereocenters. The van der Waals surface area contributed by atoms with Gasteiger partial charge in [-0.3, -0.25) is 0 Å². The minimum absolute atomic E-state index is 0.0640. The van der Waals surface area contributed by atoms with E-state index in [4.69, 9.17) is 0 Å². The Hall–Kier alpha value is -3.61. The minimum atomic E-state index is -4.67. The monoisotopic (exact) mass is 468 g/mol. The molecular weight excluding hydrogens is 453 g/mol. The molecule has 2 aromatic carbocycles. The van der Waals surface area contributed by atoms with Gasteiger partial charge < -0.3 is 4.74 Å². The maximum atomic E-state index is 14.3. The molecule has 0 saturated heterocycles. The SMILES string of the molecule is CCCCc1cnc(C#Cc2cc(F)c(C(F)(F)Oc3cc(F)c(F)c(F)c3)c(F)c2)nc1. The molecule has 0 aliphatic heterocycles. The molecule has 0 radical (unpaired) electrons. The Morgan fingerprint density at radius 3 is 1.97 bits per heavy atom.